The second-order valence-electron chi connectivity index (χ2n) is 5.82. The third-order valence-electron chi connectivity index (χ3n) is 4.43. The van der Waals surface area contributed by atoms with Crippen molar-refractivity contribution >= 4 is 28.7 Å². The normalized spacial score (nSPS) is 29.0. The van der Waals surface area contributed by atoms with E-state index in [2.05, 4.69) is 15.3 Å². The van der Waals surface area contributed by atoms with Crippen LogP contribution < -0.4 is 10.9 Å². The van der Waals surface area contributed by atoms with Crippen LogP contribution in [0.2, 0.25) is 0 Å². The topological polar surface area (TPSA) is 109 Å². The van der Waals surface area contributed by atoms with E-state index in [-0.39, 0.29) is 18.1 Å². The standard InChI is InChI=1S/C15H16N4O4/c1-7-12(22)9(5-20)23-15(7)19-4-8-2-3-10(21)18-13-11(8)14(19)17-6-16-13/h2-4,6-7,9,12,15,20,22H,5H2,1H3,(H,16,17,18,21)/t7-,9+,12-,15?/m0/s1. The Bertz CT molecular complexity index is 862. The van der Waals surface area contributed by atoms with Crippen LogP contribution in [-0.2, 0) is 4.74 Å². The van der Waals surface area contributed by atoms with Crippen molar-refractivity contribution in [1.82, 2.24) is 9.55 Å². The molecule has 2 aromatic heterocycles. The fourth-order valence-corrected chi connectivity index (χ4v) is 3.21. The van der Waals surface area contributed by atoms with Gasteiger partial charge in [0.2, 0.25) is 0 Å². The van der Waals surface area contributed by atoms with Crippen LogP contribution in [0.1, 0.15) is 13.2 Å². The van der Waals surface area contributed by atoms with Crippen LogP contribution in [0.4, 0.5) is 11.6 Å². The Morgan fingerprint density at radius 3 is 3.00 bits per heavy atom. The Hall–Kier alpha value is -2.29. The van der Waals surface area contributed by atoms with E-state index in [1.54, 1.807) is 6.07 Å². The maximum atomic E-state index is 11.6. The molecule has 0 radical (unpaired) electrons. The molecule has 1 unspecified atom stereocenters. The number of rotatable bonds is 2. The van der Waals surface area contributed by atoms with E-state index in [4.69, 9.17) is 4.74 Å². The Morgan fingerprint density at radius 1 is 1.43 bits per heavy atom. The van der Waals surface area contributed by atoms with E-state index in [0.717, 1.165) is 10.8 Å². The van der Waals surface area contributed by atoms with E-state index in [1.165, 1.54) is 12.4 Å². The molecule has 120 valence electrons. The van der Waals surface area contributed by atoms with Crippen LogP contribution in [0.3, 0.4) is 0 Å². The highest BCUT2D eigenvalue weighted by molar-refractivity contribution is 6.06. The van der Waals surface area contributed by atoms with E-state index in [1.807, 2.05) is 17.7 Å². The molecule has 3 N–H and O–H groups in total. The minimum atomic E-state index is -0.754. The van der Waals surface area contributed by atoms with Gasteiger partial charge in [-0.2, -0.15) is 4.98 Å². The predicted octanol–water partition coefficient (Wildman–Crippen LogP) is 0.369. The Balaban J connectivity index is 1.91. The lowest BCUT2D eigenvalue weighted by Crippen LogP contribution is -2.28. The molecule has 2 aliphatic rings. The number of nitrogens with one attached hydrogen (secondary N) is 1. The summed E-state index contributed by atoms with van der Waals surface area (Å²) in [5.41, 5.74) is -0.335. The van der Waals surface area contributed by atoms with Crippen LogP contribution in [0, 0.1) is 5.92 Å². The zero-order chi connectivity index (χ0) is 16.1. The van der Waals surface area contributed by atoms with Gasteiger partial charge < -0.3 is 24.8 Å². The second-order valence-corrected chi connectivity index (χ2v) is 5.82. The van der Waals surface area contributed by atoms with Gasteiger partial charge in [-0.15, -0.1) is 0 Å². The summed E-state index contributed by atoms with van der Waals surface area (Å²) >= 11 is 0. The number of nitrogens with zero attached hydrogens (tertiary/aromatic N) is 3. The number of hydrogen-bond acceptors (Lipinski definition) is 7. The molecule has 23 heavy (non-hydrogen) atoms. The summed E-state index contributed by atoms with van der Waals surface area (Å²) in [6, 6.07) is 3.09. The van der Waals surface area contributed by atoms with Crippen molar-refractivity contribution in [3.8, 4) is 0 Å². The summed E-state index contributed by atoms with van der Waals surface area (Å²) in [7, 11) is 0. The lowest BCUT2D eigenvalue weighted by Gasteiger charge is -2.20. The monoisotopic (exact) mass is 316 g/mol. The van der Waals surface area contributed by atoms with Crippen molar-refractivity contribution in [2.24, 2.45) is 10.9 Å². The maximum Gasteiger partial charge on any atom is 0.271 e. The Labute approximate surface area is 131 Å². The lowest BCUT2D eigenvalue weighted by atomic mass is 10.0. The Morgan fingerprint density at radius 2 is 2.26 bits per heavy atom. The number of aliphatic imine (C=N–C) groups is 1. The molecule has 0 aromatic carbocycles. The molecule has 0 bridgehead atoms. The second kappa shape index (κ2) is 5.12. The fraction of sp³-hybridized carbons (Fsp3) is 0.400. The van der Waals surface area contributed by atoms with Gasteiger partial charge in [0.05, 0.1) is 24.4 Å². The van der Waals surface area contributed by atoms with Gasteiger partial charge in [-0.05, 0) is 6.07 Å². The fourth-order valence-electron chi connectivity index (χ4n) is 3.21. The Kier molecular flexibility index (Phi) is 3.19. The van der Waals surface area contributed by atoms with Crippen LogP contribution in [0.15, 0.2) is 28.1 Å². The van der Waals surface area contributed by atoms with Gasteiger partial charge in [-0.25, -0.2) is 4.99 Å². The summed E-state index contributed by atoms with van der Waals surface area (Å²) in [5.74, 6) is 0.846. The number of hydrogen-bond donors (Lipinski definition) is 3. The third kappa shape index (κ3) is 2.07. The first-order valence-corrected chi connectivity index (χ1v) is 7.39. The van der Waals surface area contributed by atoms with Crippen LogP contribution in [0.5, 0.6) is 0 Å². The first kappa shape index (κ1) is 14.3. The largest absolute Gasteiger partial charge is 0.394 e. The van der Waals surface area contributed by atoms with E-state index in [9.17, 15) is 15.0 Å². The average Bonchev–Trinajstić information content (AvgIpc) is 2.99. The molecular formula is C15H16N4O4. The van der Waals surface area contributed by atoms with Crippen molar-refractivity contribution in [3.05, 3.63) is 28.7 Å². The summed E-state index contributed by atoms with van der Waals surface area (Å²) in [6.07, 6.45) is 1.47. The molecule has 8 heteroatoms. The minimum absolute atomic E-state index is 0.212. The molecule has 0 amide bonds. The number of anilines is 1. The summed E-state index contributed by atoms with van der Waals surface area (Å²) in [5, 5.41) is 23.9. The van der Waals surface area contributed by atoms with E-state index < -0.39 is 18.4 Å². The molecule has 8 nitrogen and oxygen atoms in total. The van der Waals surface area contributed by atoms with Gasteiger partial charge in [-0.1, -0.05) is 6.92 Å². The van der Waals surface area contributed by atoms with Gasteiger partial charge in [0, 0.05) is 23.6 Å². The van der Waals surface area contributed by atoms with E-state index in [0.29, 0.717) is 11.6 Å². The molecule has 2 aromatic rings. The molecule has 4 heterocycles. The highest BCUT2D eigenvalue weighted by atomic mass is 16.5. The first-order chi connectivity index (χ1) is 11.1. The number of aliphatic hydroxyl groups excluding tert-OH is 2. The molecule has 1 fully saturated rings. The maximum absolute atomic E-state index is 11.6. The smallest absolute Gasteiger partial charge is 0.271 e. The number of ether oxygens (including phenoxy) is 1. The average molecular weight is 316 g/mol. The van der Waals surface area contributed by atoms with Gasteiger partial charge >= 0.3 is 0 Å². The van der Waals surface area contributed by atoms with Crippen molar-refractivity contribution in [3.63, 3.8) is 0 Å². The van der Waals surface area contributed by atoms with Crippen LogP contribution in [-0.4, -0.2) is 44.9 Å². The molecule has 0 aliphatic carbocycles. The molecule has 1 saturated heterocycles. The van der Waals surface area contributed by atoms with Gasteiger partial charge in [0.25, 0.3) is 5.56 Å². The SMILES string of the molecule is C[C@@H]1C(n2cc3ccc(=O)nc4c3c2N=CN4)O[C@H](CO)[C@H]1O. The van der Waals surface area contributed by atoms with Gasteiger partial charge in [0.15, 0.2) is 0 Å². The minimum Gasteiger partial charge on any atom is -0.394 e. The molecule has 0 saturated carbocycles. The predicted molar refractivity (Wildman–Crippen MR) is 83.9 cm³/mol. The highest BCUT2D eigenvalue weighted by Crippen LogP contribution is 2.42. The van der Waals surface area contributed by atoms with Gasteiger partial charge in [0.1, 0.15) is 24.0 Å². The summed E-state index contributed by atoms with van der Waals surface area (Å²) in [4.78, 5) is 20.0. The quantitative estimate of drug-likeness (QED) is 0.738. The van der Waals surface area contributed by atoms with Crippen molar-refractivity contribution in [1.29, 1.82) is 0 Å². The zero-order valence-electron chi connectivity index (χ0n) is 12.4. The zero-order valence-corrected chi connectivity index (χ0v) is 12.4. The number of aliphatic hydroxyl groups is 2. The van der Waals surface area contributed by atoms with Crippen LogP contribution in [0.25, 0.3) is 10.8 Å². The van der Waals surface area contributed by atoms with E-state index >= 15 is 0 Å². The molecule has 4 atom stereocenters. The highest BCUT2D eigenvalue weighted by Gasteiger charge is 2.42. The molecule has 0 spiro atoms. The van der Waals surface area contributed by atoms with Crippen LogP contribution >= 0.6 is 0 Å². The molecule has 2 aliphatic heterocycles. The third-order valence-corrected chi connectivity index (χ3v) is 4.43. The number of aromatic nitrogens is 2. The summed E-state index contributed by atoms with van der Waals surface area (Å²) < 4.78 is 7.61. The van der Waals surface area contributed by atoms with Crippen molar-refractivity contribution < 1.29 is 14.9 Å². The van der Waals surface area contributed by atoms with Crippen molar-refractivity contribution in [2.75, 3.05) is 11.9 Å². The molecular weight excluding hydrogens is 300 g/mol. The van der Waals surface area contributed by atoms with Gasteiger partial charge in [-0.3, -0.25) is 4.79 Å². The first-order valence-electron chi connectivity index (χ1n) is 7.39. The summed E-state index contributed by atoms with van der Waals surface area (Å²) in [6.45, 7) is 1.62. The molecule has 4 rings (SSSR count). The van der Waals surface area contributed by atoms with Crippen molar-refractivity contribution in [2.45, 2.75) is 25.4 Å². The lowest BCUT2D eigenvalue weighted by molar-refractivity contribution is -0.0450.